The Kier molecular flexibility index (Phi) is 5.38. The highest BCUT2D eigenvalue weighted by Gasteiger charge is 2.19. The van der Waals surface area contributed by atoms with Crippen LogP contribution in [0.3, 0.4) is 0 Å². The van der Waals surface area contributed by atoms with Gasteiger partial charge in [-0.1, -0.05) is 79.8 Å². The summed E-state index contributed by atoms with van der Waals surface area (Å²) in [6.07, 6.45) is 0. The number of rotatable bonds is 5. The van der Waals surface area contributed by atoms with Crippen LogP contribution in [0, 0.1) is 0 Å². The highest BCUT2D eigenvalue weighted by molar-refractivity contribution is 6.72. The average Bonchev–Trinajstić information content (AvgIpc) is 2.67. The number of ketones is 1. The fourth-order valence-corrected chi connectivity index (χ4v) is 4.47. The molecule has 0 fully saturated rings. The molecule has 131 valence electrons. The second kappa shape index (κ2) is 7.71. The number of hydrogen-bond acceptors (Lipinski definition) is 2. The molecule has 26 heavy (non-hydrogen) atoms. The molecule has 0 aliphatic carbocycles. The quantitative estimate of drug-likeness (QED) is 0.490. The van der Waals surface area contributed by atoms with E-state index in [1.165, 1.54) is 5.19 Å². The Morgan fingerprint density at radius 2 is 1.38 bits per heavy atom. The molecule has 0 amide bonds. The molecule has 0 bridgehead atoms. The van der Waals surface area contributed by atoms with Gasteiger partial charge in [-0.25, -0.2) is 0 Å². The Morgan fingerprint density at radius 3 is 1.96 bits per heavy atom. The molecule has 3 rings (SSSR count). The van der Waals surface area contributed by atoms with Crippen LogP contribution in [0.15, 0.2) is 72.8 Å². The molecule has 1 radical (unpaired) electrons. The molecule has 3 heteroatoms. The fraction of sp³-hybridized carbons (Fsp3) is 0.174. The highest BCUT2D eigenvalue weighted by atomic mass is 28.3. The molecular weight excluding hydrogens is 334 g/mol. The van der Waals surface area contributed by atoms with Crippen molar-refractivity contribution < 1.29 is 4.79 Å². The van der Waals surface area contributed by atoms with Crippen LogP contribution in [-0.4, -0.2) is 28.7 Å². The van der Waals surface area contributed by atoms with E-state index in [9.17, 15) is 4.79 Å². The predicted molar refractivity (Wildman–Crippen MR) is 113 cm³/mol. The van der Waals surface area contributed by atoms with Gasteiger partial charge >= 0.3 is 0 Å². The summed E-state index contributed by atoms with van der Waals surface area (Å²) in [5, 5.41) is 1.30. The smallest absolute Gasteiger partial charge is 0.195 e. The lowest BCUT2D eigenvalue weighted by atomic mass is 9.98. The highest BCUT2D eigenvalue weighted by Crippen LogP contribution is 2.24. The summed E-state index contributed by atoms with van der Waals surface area (Å²) >= 11 is 0. The van der Waals surface area contributed by atoms with E-state index in [-0.39, 0.29) is 5.78 Å². The summed E-state index contributed by atoms with van der Waals surface area (Å²) in [5.41, 5.74) is 4.85. The van der Waals surface area contributed by atoms with Gasteiger partial charge < -0.3 is 4.90 Å². The first kappa shape index (κ1) is 18.1. The van der Waals surface area contributed by atoms with Crippen LogP contribution >= 0.6 is 0 Å². The molecular formula is C23H24NOSi. The van der Waals surface area contributed by atoms with E-state index in [4.69, 9.17) is 0 Å². The Bertz CT molecular complexity index is 899. The van der Waals surface area contributed by atoms with Gasteiger partial charge in [0.2, 0.25) is 0 Å². The third-order valence-electron chi connectivity index (χ3n) is 4.52. The van der Waals surface area contributed by atoms with Crippen LogP contribution in [0.2, 0.25) is 13.1 Å². The van der Waals surface area contributed by atoms with Crippen LogP contribution in [0.4, 0.5) is 5.69 Å². The third-order valence-corrected chi connectivity index (χ3v) is 6.00. The lowest BCUT2D eigenvalue weighted by molar-refractivity contribution is 0.103. The molecule has 0 aliphatic heterocycles. The van der Waals surface area contributed by atoms with Crippen molar-refractivity contribution in [2.75, 3.05) is 19.0 Å². The van der Waals surface area contributed by atoms with E-state index in [0.717, 1.165) is 27.9 Å². The Morgan fingerprint density at radius 1 is 0.769 bits per heavy atom. The normalized spacial score (nSPS) is 10.8. The Hall–Kier alpha value is -2.65. The van der Waals surface area contributed by atoms with E-state index < -0.39 is 8.80 Å². The van der Waals surface area contributed by atoms with E-state index >= 15 is 0 Å². The number of benzene rings is 3. The number of para-hydroxylation sites is 1. The monoisotopic (exact) mass is 358 g/mol. The number of anilines is 1. The van der Waals surface area contributed by atoms with Gasteiger partial charge in [-0.3, -0.25) is 4.79 Å². The van der Waals surface area contributed by atoms with Crippen LogP contribution < -0.4 is 10.1 Å². The number of carbonyl (C=O) groups is 1. The van der Waals surface area contributed by atoms with E-state index in [0.29, 0.717) is 0 Å². The first-order valence-corrected chi connectivity index (χ1v) is 11.3. The first-order chi connectivity index (χ1) is 12.5. The number of nitrogens with zero attached hydrogens (tertiary/aromatic N) is 1. The minimum Gasteiger partial charge on any atom is -0.377 e. The minimum absolute atomic E-state index is 0.0819. The third kappa shape index (κ3) is 3.63. The number of carbonyl (C=O) groups excluding carboxylic acids is 1. The fourth-order valence-electron chi connectivity index (χ4n) is 3.21. The summed E-state index contributed by atoms with van der Waals surface area (Å²) in [6, 6.07) is 24.2. The maximum absolute atomic E-state index is 13.2. The van der Waals surface area contributed by atoms with E-state index in [1.807, 2.05) is 68.7 Å². The maximum Gasteiger partial charge on any atom is 0.195 e. The van der Waals surface area contributed by atoms with Crippen LogP contribution in [0.25, 0.3) is 11.1 Å². The second-order valence-electron chi connectivity index (χ2n) is 6.87. The first-order valence-electron chi connectivity index (χ1n) is 8.80. The average molecular weight is 359 g/mol. The van der Waals surface area contributed by atoms with Crippen molar-refractivity contribution in [1.82, 2.24) is 0 Å². The zero-order valence-electron chi connectivity index (χ0n) is 15.8. The van der Waals surface area contributed by atoms with Crippen molar-refractivity contribution in [3.05, 3.63) is 83.9 Å². The van der Waals surface area contributed by atoms with Crippen molar-refractivity contribution >= 4 is 25.5 Å². The predicted octanol–water partition coefficient (Wildman–Crippen LogP) is 4.61. The molecule has 3 aromatic rings. The van der Waals surface area contributed by atoms with Crippen LogP contribution in [0.5, 0.6) is 0 Å². The summed E-state index contributed by atoms with van der Waals surface area (Å²) < 4.78 is 0. The molecule has 0 aliphatic rings. The van der Waals surface area contributed by atoms with Crippen molar-refractivity contribution in [2.45, 2.75) is 13.1 Å². The molecule has 0 saturated carbocycles. The summed E-state index contributed by atoms with van der Waals surface area (Å²) in [4.78, 5) is 15.2. The summed E-state index contributed by atoms with van der Waals surface area (Å²) in [5.74, 6) is 0.0819. The maximum atomic E-state index is 13.2. The molecule has 0 unspecified atom stereocenters. The molecule has 3 aromatic carbocycles. The number of hydrogen-bond donors (Lipinski definition) is 0. The molecule has 0 N–H and O–H groups in total. The van der Waals surface area contributed by atoms with Crippen LogP contribution in [-0.2, 0) is 0 Å². The topological polar surface area (TPSA) is 20.3 Å². The Labute approximate surface area is 157 Å². The zero-order valence-corrected chi connectivity index (χ0v) is 16.8. The van der Waals surface area contributed by atoms with Crippen molar-refractivity contribution in [1.29, 1.82) is 0 Å². The van der Waals surface area contributed by atoms with Gasteiger partial charge in [0.25, 0.3) is 0 Å². The van der Waals surface area contributed by atoms with Crippen molar-refractivity contribution in [3.8, 4) is 11.1 Å². The minimum atomic E-state index is -0.659. The molecule has 0 heterocycles. The van der Waals surface area contributed by atoms with Crippen molar-refractivity contribution in [3.63, 3.8) is 0 Å². The largest absolute Gasteiger partial charge is 0.377 e. The van der Waals surface area contributed by atoms with Gasteiger partial charge in [0, 0.05) is 30.9 Å². The van der Waals surface area contributed by atoms with E-state index in [1.54, 1.807) is 0 Å². The molecule has 0 spiro atoms. The molecule has 0 aromatic heterocycles. The standard InChI is InChI=1S/C23H24NOSi/c1-24(2)22-20(11-8-12-21(22)26(3)4)23(25)19-15-13-18(14-16-19)17-9-6-5-7-10-17/h5-16H,1-4H3. The lowest BCUT2D eigenvalue weighted by Gasteiger charge is -2.22. The van der Waals surface area contributed by atoms with Gasteiger partial charge in [-0.05, 0) is 22.4 Å². The second-order valence-corrected chi connectivity index (χ2v) is 9.41. The zero-order chi connectivity index (χ0) is 18.7. The molecule has 0 atom stereocenters. The van der Waals surface area contributed by atoms with E-state index in [2.05, 4.69) is 36.2 Å². The molecule has 0 saturated heterocycles. The van der Waals surface area contributed by atoms with Gasteiger partial charge in [0.1, 0.15) is 0 Å². The van der Waals surface area contributed by atoms with Crippen molar-refractivity contribution in [2.24, 2.45) is 0 Å². The SMILES string of the molecule is CN(C)c1c(C(=O)c2ccc(-c3ccccc3)cc2)cccc1[Si](C)C. The van der Waals surface area contributed by atoms with Gasteiger partial charge in [0.15, 0.2) is 5.78 Å². The lowest BCUT2D eigenvalue weighted by Crippen LogP contribution is -2.31. The van der Waals surface area contributed by atoms with Gasteiger partial charge in [-0.15, -0.1) is 0 Å². The Balaban J connectivity index is 1.99. The summed E-state index contributed by atoms with van der Waals surface area (Å²) in [6.45, 7) is 4.52. The van der Waals surface area contributed by atoms with Gasteiger partial charge in [-0.2, -0.15) is 0 Å². The van der Waals surface area contributed by atoms with Crippen LogP contribution in [0.1, 0.15) is 15.9 Å². The van der Waals surface area contributed by atoms with Gasteiger partial charge in [0.05, 0.1) is 8.80 Å². The molecule has 2 nitrogen and oxygen atoms in total. The summed E-state index contributed by atoms with van der Waals surface area (Å²) in [7, 11) is 3.37.